The fraction of sp³-hybridized carbons (Fsp3) is 1.00. The van der Waals surface area contributed by atoms with Crippen molar-refractivity contribution in [1.29, 1.82) is 0 Å². The molecule has 0 aromatic carbocycles. The van der Waals surface area contributed by atoms with Crippen molar-refractivity contribution in [1.82, 2.24) is 5.32 Å². The third-order valence-corrected chi connectivity index (χ3v) is 4.32. The Kier molecular flexibility index (Phi) is 3.18. The SMILES string of the molecule is C1COC2CCNCC2(COCC2CC2)C1. The van der Waals surface area contributed by atoms with Gasteiger partial charge in [-0.2, -0.15) is 0 Å². The molecule has 0 radical (unpaired) electrons. The molecule has 1 saturated carbocycles. The maximum absolute atomic E-state index is 5.94. The molecule has 0 bridgehead atoms. The minimum absolute atomic E-state index is 0.283. The van der Waals surface area contributed by atoms with Crippen molar-refractivity contribution in [2.45, 2.75) is 38.2 Å². The van der Waals surface area contributed by atoms with Gasteiger partial charge in [-0.15, -0.1) is 0 Å². The van der Waals surface area contributed by atoms with Crippen molar-refractivity contribution in [2.75, 3.05) is 32.9 Å². The number of piperidine rings is 1. The molecule has 2 saturated heterocycles. The highest BCUT2D eigenvalue weighted by Gasteiger charge is 2.43. The standard InChI is InChI=1S/C13H23NO2/c1-5-13(10-15-8-11-2-3-11)9-14-6-4-12(13)16-7-1/h11-12,14H,1-10H2. The molecule has 2 unspecified atom stereocenters. The van der Waals surface area contributed by atoms with Gasteiger partial charge in [-0.3, -0.25) is 0 Å². The van der Waals surface area contributed by atoms with Gasteiger partial charge in [-0.25, -0.2) is 0 Å². The molecule has 2 aliphatic heterocycles. The highest BCUT2D eigenvalue weighted by Crippen LogP contribution is 2.38. The lowest BCUT2D eigenvalue weighted by Gasteiger charge is -2.47. The monoisotopic (exact) mass is 225 g/mol. The first kappa shape index (κ1) is 11.0. The normalized spacial score (nSPS) is 39.4. The van der Waals surface area contributed by atoms with E-state index in [1.807, 2.05) is 0 Å². The summed E-state index contributed by atoms with van der Waals surface area (Å²) < 4.78 is 11.9. The summed E-state index contributed by atoms with van der Waals surface area (Å²) in [6, 6.07) is 0. The maximum Gasteiger partial charge on any atom is 0.0677 e. The first-order valence-electron chi connectivity index (χ1n) is 6.79. The van der Waals surface area contributed by atoms with Crippen LogP contribution in [0.15, 0.2) is 0 Å². The van der Waals surface area contributed by atoms with E-state index in [1.165, 1.54) is 25.7 Å². The number of nitrogens with one attached hydrogen (secondary N) is 1. The minimum atomic E-state index is 0.283. The molecule has 3 aliphatic rings. The van der Waals surface area contributed by atoms with Crippen molar-refractivity contribution in [2.24, 2.45) is 11.3 Å². The quantitative estimate of drug-likeness (QED) is 0.788. The second kappa shape index (κ2) is 4.63. The van der Waals surface area contributed by atoms with Crippen molar-refractivity contribution < 1.29 is 9.47 Å². The molecule has 16 heavy (non-hydrogen) atoms. The first-order chi connectivity index (χ1) is 7.89. The van der Waals surface area contributed by atoms with Gasteiger partial charge in [-0.05, 0) is 44.6 Å². The van der Waals surface area contributed by atoms with Crippen LogP contribution in [0.4, 0.5) is 0 Å². The van der Waals surface area contributed by atoms with Gasteiger partial charge >= 0.3 is 0 Å². The second-order valence-electron chi connectivity index (χ2n) is 5.75. The summed E-state index contributed by atoms with van der Waals surface area (Å²) in [5, 5.41) is 3.52. The third kappa shape index (κ3) is 2.27. The Bertz CT molecular complexity index is 228. The summed E-state index contributed by atoms with van der Waals surface area (Å²) in [6.07, 6.45) is 6.84. The van der Waals surface area contributed by atoms with E-state index in [4.69, 9.17) is 9.47 Å². The molecule has 3 heteroatoms. The fourth-order valence-electron chi connectivity index (χ4n) is 3.08. The molecule has 3 rings (SSSR count). The number of ether oxygens (including phenoxy) is 2. The van der Waals surface area contributed by atoms with Crippen LogP contribution in [0.3, 0.4) is 0 Å². The molecule has 0 aromatic rings. The largest absolute Gasteiger partial charge is 0.380 e. The Morgan fingerprint density at radius 1 is 1.31 bits per heavy atom. The zero-order chi connectivity index (χ0) is 10.8. The fourth-order valence-corrected chi connectivity index (χ4v) is 3.08. The van der Waals surface area contributed by atoms with E-state index in [1.54, 1.807) is 0 Å². The average molecular weight is 225 g/mol. The van der Waals surface area contributed by atoms with E-state index in [-0.39, 0.29) is 5.41 Å². The molecule has 92 valence electrons. The Hall–Kier alpha value is -0.120. The zero-order valence-corrected chi connectivity index (χ0v) is 10.0. The lowest BCUT2D eigenvalue weighted by atomic mass is 9.73. The molecule has 1 aliphatic carbocycles. The van der Waals surface area contributed by atoms with Crippen LogP contribution >= 0.6 is 0 Å². The summed E-state index contributed by atoms with van der Waals surface area (Å²) in [4.78, 5) is 0. The molecule has 3 nitrogen and oxygen atoms in total. The van der Waals surface area contributed by atoms with E-state index in [0.717, 1.165) is 45.2 Å². The molecule has 3 fully saturated rings. The summed E-state index contributed by atoms with van der Waals surface area (Å²) in [6.45, 7) is 5.03. The Morgan fingerprint density at radius 3 is 3.12 bits per heavy atom. The number of hydrogen-bond donors (Lipinski definition) is 1. The van der Waals surface area contributed by atoms with Crippen molar-refractivity contribution in [3.63, 3.8) is 0 Å². The number of hydrogen-bond acceptors (Lipinski definition) is 3. The van der Waals surface area contributed by atoms with Gasteiger partial charge in [-0.1, -0.05) is 0 Å². The Labute approximate surface area is 97.9 Å². The van der Waals surface area contributed by atoms with Gasteiger partial charge in [0.2, 0.25) is 0 Å². The lowest BCUT2D eigenvalue weighted by molar-refractivity contribution is -0.131. The Morgan fingerprint density at radius 2 is 2.25 bits per heavy atom. The van der Waals surface area contributed by atoms with E-state index >= 15 is 0 Å². The van der Waals surface area contributed by atoms with Crippen LogP contribution < -0.4 is 5.32 Å². The first-order valence-corrected chi connectivity index (χ1v) is 6.79. The van der Waals surface area contributed by atoms with E-state index in [9.17, 15) is 0 Å². The average Bonchev–Trinajstić information content (AvgIpc) is 3.13. The number of rotatable bonds is 4. The molecule has 0 spiro atoms. The van der Waals surface area contributed by atoms with Crippen LogP contribution in [0.1, 0.15) is 32.1 Å². The topological polar surface area (TPSA) is 30.5 Å². The van der Waals surface area contributed by atoms with Crippen LogP contribution in [0.5, 0.6) is 0 Å². The van der Waals surface area contributed by atoms with Gasteiger partial charge in [0.15, 0.2) is 0 Å². The van der Waals surface area contributed by atoms with Gasteiger partial charge in [0.1, 0.15) is 0 Å². The maximum atomic E-state index is 5.94. The second-order valence-corrected chi connectivity index (χ2v) is 5.75. The van der Waals surface area contributed by atoms with Crippen LogP contribution in [0, 0.1) is 11.3 Å². The van der Waals surface area contributed by atoms with Gasteiger partial charge in [0.05, 0.1) is 12.7 Å². The number of fused-ring (bicyclic) bond motifs is 1. The molecular formula is C13H23NO2. The van der Waals surface area contributed by atoms with E-state index < -0.39 is 0 Å². The van der Waals surface area contributed by atoms with E-state index in [2.05, 4.69) is 5.32 Å². The van der Waals surface area contributed by atoms with Crippen LogP contribution in [-0.2, 0) is 9.47 Å². The van der Waals surface area contributed by atoms with Gasteiger partial charge < -0.3 is 14.8 Å². The smallest absolute Gasteiger partial charge is 0.0677 e. The predicted octanol–water partition coefficient (Wildman–Crippen LogP) is 1.57. The molecule has 1 N–H and O–H groups in total. The van der Waals surface area contributed by atoms with Crippen molar-refractivity contribution in [3.05, 3.63) is 0 Å². The molecule has 0 amide bonds. The molecular weight excluding hydrogens is 202 g/mol. The molecule has 2 heterocycles. The predicted molar refractivity (Wildman–Crippen MR) is 62.4 cm³/mol. The third-order valence-electron chi connectivity index (χ3n) is 4.32. The van der Waals surface area contributed by atoms with Crippen LogP contribution in [0.2, 0.25) is 0 Å². The van der Waals surface area contributed by atoms with Crippen molar-refractivity contribution in [3.8, 4) is 0 Å². The highest BCUT2D eigenvalue weighted by atomic mass is 16.5. The minimum Gasteiger partial charge on any atom is -0.380 e. The van der Waals surface area contributed by atoms with Crippen molar-refractivity contribution >= 4 is 0 Å². The van der Waals surface area contributed by atoms with E-state index in [0.29, 0.717) is 6.10 Å². The van der Waals surface area contributed by atoms with Gasteiger partial charge in [0.25, 0.3) is 0 Å². The lowest BCUT2D eigenvalue weighted by Crippen LogP contribution is -2.55. The van der Waals surface area contributed by atoms with Crippen LogP contribution in [0.25, 0.3) is 0 Å². The highest BCUT2D eigenvalue weighted by molar-refractivity contribution is 4.95. The summed E-state index contributed by atoms with van der Waals surface area (Å²) >= 11 is 0. The molecule has 2 atom stereocenters. The summed E-state index contributed by atoms with van der Waals surface area (Å²) in [5.74, 6) is 0.871. The van der Waals surface area contributed by atoms with Gasteiger partial charge in [0, 0.05) is 25.2 Å². The Balaban J connectivity index is 1.56. The molecule has 0 aromatic heterocycles. The zero-order valence-electron chi connectivity index (χ0n) is 10.0. The summed E-state index contributed by atoms with van der Waals surface area (Å²) in [5.41, 5.74) is 0.283. The summed E-state index contributed by atoms with van der Waals surface area (Å²) in [7, 11) is 0. The van der Waals surface area contributed by atoms with Crippen LogP contribution in [-0.4, -0.2) is 39.0 Å².